The summed E-state index contributed by atoms with van der Waals surface area (Å²) in [6.07, 6.45) is 8.69. The van der Waals surface area contributed by atoms with Gasteiger partial charge in [-0.15, -0.1) is 0 Å². The Balaban J connectivity index is 1.31. The molecule has 0 aromatic carbocycles. The number of morpholine rings is 1. The first-order chi connectivity index (χ1) is 14.2. The van der Waals surface area contributed by atoms with Gasteiger partial charge in [-0.3, -0.25) is 14.7 Å². The molecule has 2 fully saturated rings. The van der Waals surface area contributed by atoms with E-state index in [1.54, 1.807) is 0 Å². The van der Waals surface area contributed by atoms with Gasteiger partial charge in [-0.1, -0.05) is 0 Å². The molecule has 0 unspecified atom stereocenters. The molecule has 29 heavy (non-hydrogen) atoms. The standard InChI is InChI=1S/C21H27N5O3/c27-19(25-11-13-28-14-12-25)18-16-26-10-7-23-20(26)21(29-18)3-8-24(9-4-21)15-17-1-5-22-6-2-17/h1-2,5-7,10,18H,3-4,8-9,11-16H2/t18-/m0/s1. The van der Waals surface area contributed by atoms with E-state index in [2.05, 4.69) is 31.6 Å². The second kappa shape index (κ2) is 7.85. The Kier molecular flexibility index (Phi) is 5.07. The molecular weight excluding hydrogens is 370 g/mol. The largest absolute Gasteiger partial charge is 0.378 e. The average molecular weight is 397 g/mol. The van der Waals surface area contributed by atoms with Crippen molar-refractivity contribution in [1.29, 1.82) is 0 Å². The van der Waals surface area contributed by atoms with Gasteiger partial charge in [-0.05, 0) is 30.5 Å². The van der Waals surface area contributed by atoms with Crippen molar-refractivity contribution in [2.75, 3.05) is 39.4 Å². The smallest absolute Gasteiger partial charge is 0.253 e. The van der Waals surface area contributed by atoms with Crippen LogP contribution in [0.1, 0.15) is 24.2 Å². The number of carbonyl (C=O) groups is 1. The van der Waals surface area contributed by atoms with Gasteiger partial charge >= 0.3 is 0 Å². The monoisotopic (exact) mass is 397 g/mol. The van der Waals surface area contributed by atoms with Gasteiger partial charge in [-0.25, -0.2) is 4.98 Å². The van der Waals surface area contributed by atoms with Crippen LogP contribution in [-0.4, -0.2) is 75.7 Å². The normalized spacial score (nSPS) is 24.4. The van der Waals surface area contributed by atoms with Gasteiger partial charge in [0.15, 0.2) is 6.10 Å². The Morgan fingerprint density at radius 1 is 1.10 bits per heavy atom. The number of rotatable bonds is 3. The molecule has 3 aliphatic rings. The van der Waals surface area contributed by atoms with Crippen LogP contribution in [-0.2, 0) is 33.0 Å². The number of fused-ring (bicyclic) bond motifs is 2. The molecule has 0 aliphatic carbocycles. The van der Waals surface area contributed by atoms with Crippen molar-refractivity contribution in [1.82, 2.24) is 24.3 Å². The average Bonchev–Trinajstić information content (AvgIpc) is 3.26. The van der Waals surface area contributed by atoms with E-state index in [4.69, 9.17) is 9.47 Å². The maximum Gasteiger partial charge on any atom is 0.253 e. The zero-order valence-corrected chi connectivity index (χ0v) is 16.6. The summed E-state index contributed by atoms with van der Waals surface area (Å²) < 4.78 is 14.1. The third-order valence-electron chi connectivity index (χ3n) is 6.27. The first-order valence-corrected chi connectivity index (χ1v) is 10.4. The summed E-state index contributed by atoms with van der Waals surface area (Å²) in [4.78, 5) is 26.1. The van der Waals surface area contributed by atoms with Crippen molar-refractivity contribution >= 4 is 5.91 Å². The van der Waals surface area contributed by atoms with Gasteiger partial charge in [0.2, 0.25) is 0 Å². The maximum absolute atomic E-state index is 13.1. The van der Waals surface area contributed by atoms with Crippen LogP contribution in [0.3, 0.4) is 0 Å². The molecule has 2 saturated heterocycles. The number of imidazole rings is 1. The minimum absolute atomic E-state index is 0.0752. The lowest BCUT2D eigenvalue weighted by molar-refractivity contribution is -0.183. The molecule has 0 bridgehead atoms. The third-order valence-corrected chi connectivity index (χ3v) is 6.27. The van der Waals surface area contributed by atoms with E-state index in [-0.39, 0.29) is 5.91 Å². The Labute approximate surface area is 170 Å². The third kappa shape index (κ3) is 3.68. The molecule has 8 nitrogen and oxygen atoms in total. The molecule has 5 rings (SSSR count). The van der Waals surface area contributed by atoms with E-state index in [1.165, 1.54) is 5.56 Å². The van der Waals surface area contributed by atoms with Crippen LogP contribution in [0.2, 0.25) is 0 Å². The summed E-state index contributed by atoms with van der Waals surface area (Å²) >= 11 is 0. The van der Waals surface area contributed by atoms with E-state index >= 15 is 0 Å². The van der Waals surface area contributed by atoms with E-state index < -0.39 is 11.7 Å². The molecule has 0 radical (unpaired) electrons. The fourth-order valence-electron chi connectivity index (χ4n) is 4.67. The molecule has 8 heteroatoms. The number of hydrogen-bond acceptors (Lipinski definition) is 6. The summed E-state index contributed by atoms with van der Waals surface area (Å²) in [7, 11) is 0. The molecule has 2 aromatic heterocycles. The highest BCUT2D eigenvalue weighted by molar-refractivity contribution is 5.81. The summed E-state index contributed by atoms with van der Waals surface area (Å²) in [6, 6.07) is 4.12. The number of aromatic nitrogens is 3. The van der Waals surface area contributed by atoms with Crippen LogP contribution in [0, 0.1) is 0 Å². The second-order valence-corrected chi connectivity index (χ2v) is 8.07. The minimum Gasteiger partial charge on any atom is -0.378 e. The minimum atomic E-state index is -0.483. The van der Waals surface area contributed by atoms with Crippen LogP contribution in [0.15, 0.2) is 36.9 Å². The Bertz CT molecular complexity index is 841. The number of carbonyl (C=O) groups excluding carboxylic acids is 1. The highest BCUT2D eigenvalue weighted by atomic mass is 16.5. The van der Waals surface area contributed by atoms with Crippen LogP contribution in [0.5, 0.6) is 0 Å². The van der Waals surface area contributed by atoms with E-state index in [9.17, 15) is 4.79 Å². The van der Waals surface area contributed by atoms with Crippen LogP contribution in [0.25, 0.3) is 0 Å². The van der Waals surface area contributed by atoms with Crippen LogP contribution < -0.4 is 0 Å². The topological polar surface area (TPSA) is 72.7 Å². The second-order valence-electron chi connectivity index (χ2n) is 8.07. The number of amides is 1. The molecule has 2 aromatic rings. The van der Waals surface area contributed by atoms with Crippen molar-refractivity contribution in [3.05, 3.63) is 48.3 Å². The molecule has 154 valence electrons. The fourth-order valence-corrected chi connectivity index (χ4v) is 4.67. The molecule has 5 heterocycles. The predicted octanol–water partition coefficient (Wildman–Crippen LogP) is 1.03. The Hall–Kier alpha value is -2.29. The van der Waals surface area contributed by atoms with E-state index in [0.29, 0.717) is 32.8 Å². The van der Waals surface area contributed by atoms with Crippen molar-refractivity contribution < 1.29 is 14.3 Å². The Morgan fingerprint density at radius 2 is 1.86 bits per heavy atom. The summed E-state index contributed by atoms with van der Waals surface area (Å²) in [5, 5.41) is 0. The number of nitrogens with zero attached hydrogens (tertiary/aromatic N) is 5. The zero-order valence-electron chi connectivity index (χ0n) is 16.6. The lowest BCUT2D eigenvalue weighted by Crippen LogP contribution is -2.55. The number of piperidine rings is 1. The van der Waals surface area contributed by atoms with Gasteiger partial charge in [0.25, 0.3) is 5.91 Å². The molecule has 0 saturated carbocycles. The van der Waals surface area contributed by atoms with Crippen molar-refractivity contribution in [2.45, 2.75) is 37.6 Å². The lowest BCUT2D eigenvalue weighted by Gasteiger charge is -2.46. The predicted molar refractivity (Wildman–Crippen MR) is 105 cm³/mol. The van der Waals surface area contributed by atoms with Crippen LogP contribution >= 0.6 is 0 Å². The molecule has 1 atom stereocenters. The Morgan fingerprint density at radius 3 is 2.62 bits per heavy atom. The highest BCUT2D eigenvalue weighted by Crippen LogP contribution is 2.40. The van der Waals surface area contributed by atoms with Crippen molar-refractivity contribution in [3.8, 4) is 0 Å². The molecule has 1 spiro atoms. The quantitative estimate of drug-likeness (QED) is 0.770. The molecular formula is C21H27N5O3. The van der Waals surface area contributed by atoms with Crippen molar-refractivity contribution in [3.63, 3.8) is 0 Å². The number of ether oxygens (including phenoxy) is 2. The van der Waals surface area contributed by atoms with Crippen LogP contribution in [0.4, 0.5) is 0 Å². The lowest BCUT2D eigenvalue weighted by atomic mass is 9.88. The van der Waals surface area contributed by atoms with Gasteiger partial charge in [-0.2, -0.15) is 0 Å². The number of hydrogen-bond donors (Lipinski definition) is 0. The summed E-state index contributed by atoms with van der Waals surface area (Å²) in [6.45, 7) is 5.75. The first-order valence-electron chi connectivity index (χ1n) is 10.4. The molecule has 3 aliphatic heterocycles. The van der Waals surface area contributed by atoms with Gasteiger partial charge in [0, 0.05) is 57.5 Å². The zero-order chi connectivity index (χ0) is 19.7. The van der Waals surface area contributed by atoms with E-state index in [1.807, 2.05) is 29.7 Å². The van der Waals surface area contributed by atoms with E-state index in [0.717, 1.165) is 38.3 Å². The summed E-state index contributed by atoms with van der Waals surface area (Å²) in [5.41, 5.74) is 0.783. The van der Waals surface area contributed by atoms with Gasteiger partial charge in [0.1, 0.15) is 11.4 Å². The SMILES string of the molecule is O=C([C@@H]1Cn2ccnc2C2(CCN(Cc3ccncc3)CC2)O1)N1CCOCC1. The number of pyridine rings is 1. The fraction of sp³-hybridized carbons (Fsp3) is 0.571. The number of likely N-dealkylation sites (tertiary alicyclic amines) is 1. The maximum atomic E-state index is 13.1. The molecule has 0 N–H and O–H groups in total. The first kappa shape index (κ1) is 18.7. The highest BCUT2D eigenvalue weighted by Gasteiger charge is 2.47. The molecule has 1 amide bonds. The van der Waals surface area contributed by atoms with Gasteiger partial charge in [0.05, 0.1) is 19.8 Å². The van der Waals surface area contributed by atoms with Gasteiger partial charge < -0.3 is 18.9 Å². The van der Waals surface area contributed by atoms with Crippen molar-refractivity contribution in [2.24, 2.45) is 0 Å². The summed E-state index contributed by atoms with van der Waals surface area (Å²) in [5.74, 6) is 1.04.